The Balaban J connectivity index is 2.65. The van der Waals surface area contributed by atoms with Crippen LogP contribution in [0, 0.1) is 0 Å². The number of nitrogens with zero attached hydrogens (tertiary/aromatic N) is 1. The van der Waals surface area contributed by atoms with Crippen molar-refractivity contribution in [3.05, 3.63) is 23.8 Å². The van der Waals surface area contributed by atoms with Crippen molar-refractivity contribution in [2.75, 3.05) is 14.2 Å². The van der Waals surface area contributed by atoms with E-state index in [2.05, 4.69) is 15.8 Å². The van der Waals surface area contributed by atoms with Gasteiger partial charge in [-0.05, 0) is 50.7 Å². The molecule has 0 saturated carbocycles. The lowest BCUT2D eigenvalue weighted by Crippen LogP contribution is -2.37. The SMILES string of the molecule is COc1ccc(C/C(C)=N\NC(=S)NC(C)C)cc1OC. The summed E-state index contributed by atoms with van der Waals surface area (Å²) >= 11 is 5.12. The van der Waals surface area contributed by atoms with Gasteiger partial charge < -0.3 is 14.8 Å². The number of ether oxygens (including phenoxy) is 2. The molecule has 0 fully saturated rings. The fourth-order valence-electron chi connectivity index (χ4n) is 1.77. The summed E-state index contributed by atoms with van der Waals surface area (Å²) in [5.41, 5.74) is 4.86. The van der Waals surface area contributed by atoms with Crippen molar-refractivity contribution in [1.29, 1.82) is 0 Å². The Morgan fingerprint density at radius 3 is 2.48 bits per heavy atom. The fourth-order valence-corrected chi connectivity index (χ4v) is 2.05. The summed E-state index contributed by atoms with van der Waals surface area (Å²) in [5, 5.41) is 7.86. The van der Waals surface area contributed by atoms with Crippen LogP contribution >= 0.6 is 12.2 Å². The van der Waals surface area contributed by atoms with Crippen molar-refractivity contribution in [3.63, 3.8) is 0 Å². The van der Waals surface area contributed by atoms with Crippen molar-refractivity contribution < 1.29 is 9.47 Å². The number of nitrogens with one attached hydrogen (secondary N) is 2. The first kappa shape index (κ1) is 17.2. The molecule has 0 saturated heterocycles. The molecule has 0 heterocycles. The Bertz CT molecular complexity index is 516. The van der Waals surface area contributed by atoms with E-state index in [1.807, 2.05) is 39.0 Å². The summed E-state index contributed by atoms with van der Waals surface area (Å²) in [4.78, 5) is 0. The van der Waals surface area contributed by atoms with E-state index in [0.717, 1.165) is 17.0 Å². The van der Waals surface area contributed by atoms with Crippen molar-refractivity contribution in [3.8, 4) is 11.5 Å². The third-order valence-electron chi connectivity index (χ3n) is 2.68. The van der Waals surface area contributed by atoms with Crippen LogP contribution < -0.4 is 20.2 Å². The molecule has 0 amide bonds. The van der Waals surface area contributed by atoms with Crippen LogP contribution in [0.1, 0.15) is 26.3 Å². The summed E-state index contributed by atoms with van der Waals surface area (Å²) in [6.45, 7) is 5.99. The number of benzene rings is 1. The molecule has 2 N–H and O–H groups in total. The Hall–Kier alpha value is -1.82. The third kappa shape index (κ3) is 5.99. The molecule has 0 unspecified atom stereocenters. The van der Waals surface area contributed by atoms with Gasteiger partial charge in [0.25, 0.3) is 0 Å². The zero-order valence-electron chi connectivity index (χ0n) is 13.2. The molecule has 0 atom stereocenters. The predicted molar refractivity (Wildman–Crippen MR) is 90.4 cm³/mol. The molecule has 0 spiro atoms. The van der Waals surface area contributed by atoms with Gasteiger partial charge in [-0.25, -0.2) is 0 Å². The zero-order chi connectivity index (χ0) is 15.8. The summed E-state index contributed by atoms with van der Waals surface area (Å²) in [6.07, 6.45) is 0.706. The first-order valence-corrected chi connectivity index (χ1v) is 7.17. The van der Waals surface area contributed by atoms with Crippen molar-refractivity contribution >= 4 is 23.0 Å². The lowest BCUT2D eigenvalue weighted by molar-refractivity contribution is 0.354. The lowest BCUT2D eigenvalue weighted by Gasteiger charge is -2.11. The normalized spacial score (nSPS) is 11.2. The molecule has 1 rings (SSSR count). The number of hydrogen-bond donors (Lipinski definition) is 2. The molecule has 21 heavy (non-hydrogen) atoms. The van der Waals surface area contributed by atoms with Crippen LogP contribution in [-0.4, -0.2) is 31.1 Å². The molecule has 6 heteroatoms. The zero-order valence-corrected chi connectivity index (χ0v) is 14.0. The molecule has 0 aliphatic rings. The van der Waals surface area contributed by atoms with Gasteiger partial charge in [0.15, 0.2) is 16.6 Å². The van der Waals surface area contributed by atoms with E-state index in [9.17, 15) is 0 Å². The maximum atomic E-state index is 5.29. The van der Waals surface area contributed by atoms with E-state index < -0.39 is 0 Å². The average Bonchev–Trinajstić information content (AvgIpc) is 2.44. The number of hydrazone groups is 1. The van der Waals surface area contributed by atoms with Crippen molar-refractivity contribution in [2.24, 2.45) is 5.10 Å². The lowest BCUT2D eigenvalue weighted by atomic mass is 10.1. The number of thiocarbonyl (C=S) groups is 1. The minimum atomic E-state index is 0.284. The fraction of sp³-hybridized carbons (Fsp3) is 0.467. The quantitative estimate of drug-likeness (QED) is 0.480. The Morgan fingerprint density at radius 2 is 1.90 bits per heavy atom. The largest absolute Gasteiger partial charge is 0.493 e. The molecular formula is C15H23N3O2S. The van der Waals surface area contributed by atoms with Gasteiger partial charge in [-0.2, -0.15) is 5.10 Å². The summed E-state index contributed by atoms with van der Waals surface area (Å²) in [7, 11) is 3.25. The van der Waals surface area contributed by atoms with Gasteiger partial charge in [0.1, 0.15) is 0 Å². The topological polar surface area (TPSA) is 54.9 Å². The molecule has 0 aliphatic carbocycles. The maximum Gasteiger partial charge on any atom is 0.187 e. The van der Waals surface area contributed by atoms with E-state index in [1.54, 1.807) is 14.2 Å². The third-order valence-corrected chi connectivity index (χ3v) is 2.89. The van der Waals surface area contributed by atoms with E-state index >= 15 is 0 Å². The van der Waals surface area contributed by atoms with Crippen LogP contribution in [0.2, 0.25) is 0 Å². The smallest absolute Gasteiger partial charge is 0.187 e. The highest BCUT2D eigenvalue weighted by Crippen LogP contribution is 2.27. The van der Waals surface area contributed by atoms with Gasteiger partial charge in [0.05, 0.1) is 14.2 Å². The molecule has 1 aromatic rings. The van der Waals surface area contributed by atoms with Crippen LogP contribution in [0.4, 0.5) is 0 Å². The molecular weight excluding hydrogens is 286 g/mol. The molecule has 0 bridgehead atoms. The first-order chi connectivity index (χ1) is 9.96. The van der Waals surface area contributed by atoms with Crippen LogP contribution in [0.3, 0.4) is 0 Å². The van der Waals surface area contributed by atoms with Crippen molar-refractivity contribution in [1.82, 2.24) is 10.7 Å². The van der Waals surface area contributed by atoms with Gasteiger partial charge in [-0.15, -0.1) is 0 Å². The molecule has 116 valence electrons. The second-order valence-electron chi connectivity index (χ2n) is 4.95. The highest BCUT2D eigenvalue weighted by atomic mass is 32.1. The van der Waals surface area contributed by atoms with Crippen molar-refractivity contribution in [2.45, 2.75) is 33.2 Å². The molecule has 0 aliphatic heterocycles. The predicted octanol–water partition coefficient (Wildman–Crippen LogP) is 2.49. The summed E-state index contributed by atoms with van der Waals surface area (Å²) in [6, 6.07) is 6.11. The van der Waals surface area contributed by atoms with E-state index in [1.165, 1.54) is 0 Å². The molecule has 0 radical (unpaired) electrons. The summed E-state index contributed by atoms with van der Waals surface area (Å²) < 4.78 is 10.5. The number of hydrogen-bond acceptors (Lipinski definition) is 4. The van der Waals surface area contributed by atoms with Crippen LogP contribution in [0.5, 0.6) is 11.5 Å². The second kappa shape index (κ2) is 8.46. The van der Waals surface area contributed by atoms with Crippen LogP contribution in [-0.2, 0) is 6.42 Å². The minimum Gasteiger partial charge on any atom is -0.493 e. The summed E-state index contributed by atoms with van der Waals surface area (Å²) in [5.74, 6) is 1.43. The van der Waals surface area contributed by atoms with Gasteiger partial charge >= 0.3 is 0 Å². The number of methoxy groups -OCH3 is 2. The van der Waals surface area contributed by atoms with E-state index in [4.69, 9.17) is 21.7 Å². The molecule has 0 aromatic heterocycles. The van der Waals surface area contributed by atoms with Gasteiger partial charge in [-0.3, -0.25) is 5.43 Å². The van der Waals surface area contributed by atoms with Gasteiger partial charge in [0, 0.05) is 18.2 Å². The maximum absolute atomic E-state index is 5.29. The van der Waals surface area contributed by atoms with E-state index in [0.29, 0.717) is 17.3 Å². The van der Waals surface area contributed by atoms with Gasteiger partial charge in [0.2, 0.25) is 0 Å². The monoisotopic (exact) mass is 309 g/mol. The highest BCUT2D eigenvalue weighted by Gasteiger charge is 2.05. The van der Waals surface area contributed by atoms with Gasteiger partial charge in [-0.1, -0.05) is 6.07 Å². The Labute approximate surface area is 131 Å². The van der Waals surface area contributed by atoms with Crippen LogP contribution in [0.25, 0.3) is 0 Å². The first-order valence-electron chi connectivity index (χ1n) is 6.76. The highest BCUT2D eigenvalue weighted by molar-refractivity contribution is 7.80. The van der Waals surface area contributed by atoms with Crippen LogP contribution in [0.15, 0.2) is 23.3 Å². The van der Waals surface area contributed by atoms with E-state index in [-0.39, 0.29) is 6.04 Å². The molecule has 5 nitrogen and oxygen atoms in total. The Kier molecular flexibility index (Phi) is 6.94. The minimum absolute atomic E-state index is 0.284. The standard InChI is InChI=1S/C15H23N3O2S/c1-10(2)16-15(21)18-17-11(3)8-12-6-7-13(19-4)14(9-12)20-5/h6-7,9-10H,8H2,1-5H3,(H2,16,18,21)/b17-11-. The average molecular weight is 309 g/mol. The Morgan fingerprint density at radius 1 is 1.24 bits per heavy atom. The molecule has 1 aromatic carbocycles. The second-order valence-corrected chi connectivity index (χ2v) is 5.36. The number of rotatable bonds is 6.